The van der Waals surface area contributed by atoms with Crippen LogP contribution in [0.3, 0.4) is 0 Å². The Morgan fingerprint density at radius 3 is 2.41 bits per heavy atom. The zero-order valence-electron chi connectivity index (χ0n) is 21.9. The number of nitrogens with one attached hydrogen (secondary N) is 1. The summed E-state index contributed by atoms with van der Waals surface area (Å²) in [6.45, 7) is -0.761. The van der Waals surface area contributed by atoms with E-state index in [1.807, 2.05) is 0 Å². The lowest BCUT2D eigenvalue weighted by molar-refractivity contribution is 0.209. The van der Waals surface area contributed by atoms with E-state index in [0.29, 0.717) is 32.0 Å². The van der Waals surface area contributed by atoms with Crippen molar-refractivity contribution in [3.05, 3.63) is 78.1 Å². The second kappa shape index (κ2) is 12.1. The van der Waals surface area contributed by atoms with Gasteiger partial charge < -0.3 is 10.1 Å². The van der Waals surface area contributed by atoms with Gasteiger partial charge in [0, 0.05) is 25.5 Å². The second-order valence-electron chi connectivity index (χ2n) is 9.51. The van der Waals surface area contributed by atoms with E-state index in [-0.39, 0.29) is 11.7 Å². The third-order valence-electron chi connectivity index (χ3n) is 6.79. The van der Waals surface area contributed by atoms with Gasteiger partial charge in [-0.15, -0.1) is 0 Å². The van der Waals surface area contributed by atoms with Crippen molar-refractivity contribution in [1.29, 1.82) is 0 Å². The molecule has 2 aromatic heterocycles. The van der Waals surface area contributed by atoms with Gasteiger partial charge in [0.15, 0.2) is 10.9 Å². The molecule has 0 unspecified atom stereocenters. The topological polar surface area (TPSA) is 84.4 Å². The third-order valence-corrected chi connectivity index (χ3v) is 9.57. The van der Waals surface area contributed by atoms with Gasteiger partial charge in [-0.1, -0.05) is 30.6 Å². The normalized spacial score (nSPS) is 14.3. The van der Waals surface area contributed by atoms with Gasteiger partial charge >= 0.3 is 0 Å². The summed E-state index contributed by atoms with van der Waals surface area (Å²) in [5.41, 5.74) is -0.625. The Labute approximate surface area is 238 Å². The first kappa shape index (κ1) is 29.0. The predicted molar refractivity (Wildman–Crippen MR) is 149 cm³/mol. The van der Waals surface area contributed by atoms with Gasteiger partial charge in [0.2, 0.25) is 0 Å². The first-order valence-corrected chi connectivity index (χ1v) is 15.1. The average Bonchev–Trinajstić information content (AvgIpc) is 3.37. The molecule has 1 fully saturated rings. The van der Waals surface area contributed by atoms with Crippen molar-refractivity contribution < 1.29 is 30.7 Å². The second-order valence-corrected chi connectivity index (χ2v) is 12.3. The minimum Gasteiger partial charge on any atom is -0.363 e. The van der Waals surface area contributed by atoms with Crippen LogP contribution in [0.5, 0.6) is 0 Å². The number of nitrogens with zero attached hydrogens (tertiary/aromatic N) is 3. The van der Waals surface area contributed by atoms with Crippen molar-refractivity contribution in [3.63, 3.8) is 0 Å². The quantitative estimate of drug-likeness (QED) is 0.164. The van der Waals surface area contributed by atoms with Gasteiger partial charge in [-0.25, -0.2) is 35.3 Å². The molecule has 0 atom stereocenters. The molecule has 0 bridgehead atoms. The van der Waals surface area contributed by atoms with Crippen molar-refractivity contribution in [1.82, 2.24) is 9.97 Å². The summed E-state index contributed by atoms with van der Waals surface area (Å²) in [5.74, 6) is -4.49. The highest BCUT2D eigenvalue weighted by Gasteiger charge is 2.33. The summed E-state index contributed by atoms with van der Waals surface area (Å²) in [6, 6.07) is 7.22. The molecule has 216 valence electrons. The smallest absolute Gasteiger partial charge is 0.269 e. The number of halogens is 4. The van der Waals surface area contributed by atoms with Crippen LogP contribution in [0, 0.1) is 23.3 Å². The van der Waals surface area contributed by atoms with E-state index in [4.69, 9.17) is 4.74 Å². The highest BCUT2D eigenvalue weighted by atomic mass is 32.2. The summed E-state index contributed by atoms with van der Waals surface area (Å²) in [4.78, 5) is 7.99. The maximum atomic E-state index is 16.3. The molecule has 1 aliphatic carbocycles. The molecule has 1 aliphatic rings. The van der Waals surface area contributed by atoms with Crippen LogP contribution in [-0.4, -0.2) is 38.3 Å². The number of anilines is 2. The van der Waals surface area contributed by atoms with E-state index in [1.165, 1.54) is 23.7 Å². The molecule has 5 rings (SSSR count). The van der Waals surface area contributed by atoms with Crippen LogP contribution in [0.4, 0.5) is 28.4 Å². The van der Waals surface area contributed by atoms with Gasteiger partial charge in [-0.05, 0) is 60.9 Å². The summed E-state index contributed by atoms with van der Waals surface area (Å²) >= 11 is 1.22. The third kappa shape index (κ3) is 5.92. The molecule has 0 saturated heterocycles. The molecule has 13 heteroatoms. The molecule has 2 heterocycles. The fourth-order valence-corrected chi connectivity index (χ4v) is 7.31. The van der Waals surface area contributed by atoms with Gasteiger partial charge in [-0.2, -0.15) is 0 Å². The van der Waals surface area contributed by atoms with Crippen LogP contribution >= 0.6 is 11.3 Å². The van der Waals surface area contributed by atoms with Gasteiger partial charge in [-0.3, -0.25) is 4.98 Å². The van der Waals surface area contributed by atoms with Crippen LogP contribution in [-0.2, 0) is 14.8 Å². The number of methoxy groups -OCH3 is 1. The van der Waals surface area contributed by atoms with Crippen molar-refractivity contribution in [2.75, 3.05) is 23.5 Å². The summed E-state index contributed by atoms with van der Waals surface area (Å²) in [5, 5.41) is 3.84. The molecular weight excluding hydrogens is 580 g/mol. The standard InChI is InChI=1S/C28H26F4N4O3S2/c1-39-16-36(41(37,38)23-15-18(29)7-8-20(23)30)22-10-9-21(31)24(25(22)32)26-27(17-11-13-33-14-12-17)40-28(35-26)34-19-5-3-2-4-6-19/h7-15,19H,2-6,16H2,1H3,(H,34,35). The molecule has 0 radical (unpaired) electrons. The Bertz CT molecular complexity index is 1650. The molecular formula is C28H26F4N4O3S2. The molecule has 1 saturated carbocycles. The molecule has 41 heavy (non-hydrogen) atoms. The Kier molecular flexibility index (Phi) is 8.57. The van der Waals surface area contributed by atoms with Crippen molar-refractivity contribution in [3.8, 4) is 21.7 Å². The molecule has 4 aromatic rings. The summed E-state index contributed by atoms with van der Waals surface area (Å²) in [7, 11) is -3.74. The van der Waals surface area contributed by atoms with E-state index < -0.39 is 56.2 Å². The molecule has 0 amide bonds. The van der Waals surface area contributed by atoms with Gasteiger partial charge in [0.25, 0.3) is 10.0 Å². The number of hydrogen-bond donors (Lipinski definition) is 1. The SMILES string of the molecule is COCN(c1ccc(F)c(-c2nc(NC3CCCCC3)sc2-c2ccncc2)c1F)S(=O)(=O)c1cc(F)ccc1F. The van der Waals surface area contributed by atoms with Crippen molar-refractivity contribution >= 4 is 32.2 Å². The lowest BCUT2D eigenvalue weighted by atomic mass is 9.96. The van der Waals surface area contributed by atoms with Crippen LogP contribution in [0.25, 0.3) is 21.7 Å². The molecule has 0 aliphatic heterocycles. The first-order valence-electron chi connectivity index (χ1n) is 12.8. The number of hydrogen-bond acceptors (Lipinski definition) is 7. The Morgan fingerprint density at radius 1 is 1.00 bits per heavy atom. The van der Waals surface area contributed by atoms with Crippen LogP contribution in [0.1, 0.15) is 32.1 Å². The number of pyridine rings is 1. The van der Waals surface area contributed by atoms with Gasteiger partial charge in [0.05, 0.1) is 21.8 Å². The van der Waals surface area contributed by atoms with Crippen LogP contribution in [0.15, 0.2) is 59.8 Å². The number of thiazole rings is 1. The zero-order chi connectivity index (χ0) is 29.1. The molecule has 0 spiro atoms. The highest BCUT2D eigenvalue weighted by Crippen LogP contribution is 2.43. The van der Waals surface area contributed by atoms with Crippen LogP contribution in [0.2, 0.25) is 0 Å². The maximum absolute atomic E-state index is 16.3. The van der Waals surface area contributed by atoms with E-state index in [2.05, 4.69) is 15.3 Å². The maximum Gasteiger partial charge on any atom is 0.269 e. The van der Waals surface area contributed by atoms with Crippen LogP contribution < -0.4 is 9.62 Å². The fourth-order valence-electron chi connectivity index (χ4n) is 4.80. The Balaban J connectivity index is 1.65. The monoisotopic (exact) mass is 606 g/mol. The van der Waals surface area contributed by atoms with E-state index in [0.717, 1.165) is 57.4 Å². The summed E-state index contributed by atoms with van der Waals surface area (Å²) in [6.07, 6.45) is 8.24. The van der Waals surface area contributed by atoms with E-state index in [9.17, 15) is 17.2 Å². The Morgan fingerprint density at radius 2 is 1.71 bits per heavy atom. The van der Waals surface area contributed by atoms with Crippen molar-refractivity contribution in [2.24, 2.45) is 0 Å². The number of rotatable bonds is 9. The van der Waals surface area contributed by atoms with Gasteiger partial charge in [0.1, 0.15) is 29.1 Å². The lowest BCUT2D eigenvalue weighted by Crippen LogP contribution is -2.34. The number of benzene rings is 2. The first-order chi connectivity index (χ1) is 19.7. The minimum atomic E-state index is -4.89. The minimum absolute atomic E-state index is 0.0388. The number of sulfonamides is 1. The molecule has 1 N–H and O–H groups in total. The number of aromatic nitrogens is 2. The average molecular weight is 607 g/mol. The zero-order valence-corrected chi connectivity index (χ0v) is 23.5. The summed E-state index contributed by atoms with van der Waals surface area (Å²) < 4.78 is 92.5. The highest BCUT2D eigenvalue weighted by molar-refractivity contribution is 7.92. The van der Waals surface area contributed by atoms with E-state index >= 15 is 8.78 Å². The van der Waals surface area contributed by atoms with E-state index in [1.54, 1.807) is 12.1 Å². The van der Waals surface area contributed by atoms with Crippen molar-refractivity contribution in [2.45, 2.75) is 43.0 Å². The predicted octanol–water partition coefficient (Wildman–Crippen LogP) is 6.97. The molecule has 7 nitrogen and oxygen atoms in total. The largest absolute Gasteiger partial charge is 0.363 e. The molecule has 2 aromatic carbocycles. The lowest BCUT2D eigenvalue weighted by Gasteiger charge is -2.25. The number of ether oxygens (including phenoxy) is 1. The Hall–Kier alpha value is -3.55. The fraction of sp³-hybridized carbons (Fsp3) is 0.286.